The number of unbranched alkanes of at least 4 members (excludes halogenated alkanes) is 3. The molecule has 0 aromatic heterocycles. The topological polar surface area (TPSA) is 54.0 Å². The molecule has 1 atom stereocenters. The molecule has 0 spiro atoms. The SMILES string of the molecule is C=COc1cc(C(C)(C)CCCCCC)cc(OCOC(=O)OCC)c1C1C=C(C)CCC1. The Bertz CT molecular complexity index is 809. The molecule has 1 aromatic rings. The summed E-state index contributed by atoms with van der Waals surface area (Å²) in [6.07, 6.45) is 12.2. The van der Waals surface area contributed by atoms with Crippen LogP contribution >= 0.6 is 0 Å². The number of hydrogen-bond donors (Lipinski definition) is 0. The first-order valence-electron chi connectivity index (χ1n) is 12.4. The number of benzene rings is 1. The third-order valence-corrected chi connectivity index (χ3v) is 6.35. The molecule has 33 heavy (non-hydrogen) atoms. The molecule has 1 aliphatic carbocycles. The third-order valence-electron chi connectivity index (χ3n) is 6.35. The van der Waals surface area contributed by atoms with Gasteiger partial charge in [0.1, 0.15) is 11.5 Å². The van der Waals surface area contributed by atoms with Crippen LogP contribution < -0.4 is 9.47 Å². The molecule has 0 amide bonds. The van der Waals surface area contributed by atoms with Gasteiger partial charge in [0.25, 0.3) is 0 Å². The van der Waals surface area contributed by atoms with Crippen molar-refractivity contribution in [3.8, 4) is 11.5 Å². The van der Waals surface area contributed by atoms with E-state index in [4.69, 9.17) is 18.9 Å². The molecular formula is C28H42O5. The molecule has 184 valence electrons. The number of carbonyl (C=O) groups is 1. The van der Waals surface area contributed by atoms with Crippen molar-refractivity contribution in [2.75, 3.05) is 13.4 Å². The largest absolute Gasteiger partial charge is 0.511 e. The first-order chi connectivity index (χ1) is 15.8. The van der Waals surface area contributed by atoms with Gasteiger partial charge in [-0.1, -0.05) is 64.7 Å². The van der Waals surface area contributed by atoms with E-state index in [2.05, 4.69) is 52.5 Å². The Kier molecular flexibility index (Phi) is 10.8. The maximum absolute atomic E-state index is 11.7. The second kappa shape index (κ2) is 13.3. The van der Waals surface area contributed by atoms with E-state index in [0.717, 1.165) is 42.6 Å². The average Bonchev–Trinajstić information content (AvgIpc) is 2.77. The molecule has 0 saturated heterocycles. The van der Waals surface area contributed by atoms with Gasteiger partial charge in [-0.15, -0.1) is 0 Å². The molecule has 5 nitrogen and oxygen atoms in total. The summed E-state index contributed by atoms with van der Waals surface area (Å²) in [6.45, 7) is 14.5. The first-order valence-corrected chi connectivity index (χ1v) is 12.4. The standard InChI is InChI=1S/C28H42O5/c1-7-10-11-12-16-28(5,6)23-18-24(30-8-2)26(22-15-13-14-21(4)17-22)25(19-23)32-20-33-27(29)31-9-3/h8,17-19,22H,2,7,9-16,20H2,1,3-6H3. The second-order valence-corrected chi connectivity index (χ2v) is 9.47. The van der Waals surface area contributed by atoms with Crippen LogP contribution in [0.5, 0.6) is 11.5 Å². The highest BCUT2D eigenvalue weighted by atomic mass is 16.8. The minimum absolute atomic E-state index is 0.0516. The van der Waals surface area contributed by atoms with E-state index >= 15 is 0 Å². The highest BCUT2D eigenvalue weighted by molar-refractivity contribution is 5.59. The Hall–Kier alpha value is -2.43. The Morgan fingerprint density at radius 1 is 1.15 bits per heavy atom. The van der Waals surface area contributed by atoms with Gasteiger partial charge in [0.05, 0.1) is 12.9 Å². The average molecular weight is 459 g/mol. The fourth-order valence-electron chi connectivity index (χ4n) is 4.44. The van der Waals surface area contributed by atoms with Crippen LogP contribution in [-0.4, -0.2) is 19.6 Å². The van der Waals surface area contributed by atoms with E-state index in [1.807, 2.05) is 0 Å². The molecule has 0 heterocycles. The van der Waals surface area contributed by atoms with Crippen LogP contribution in [0.25, 0.3) is 0 Å². The third kappa shape index (κ3) is 8.13. The lowest BCUT2D eigenvalue weighted by Gasteiger charge is -2.30. The fourth-order valence-corrected chi connectivity index (χ4v) is 4.44. The van der Waals surface area contributed by atoms with Crippen LogP contribution in [0, 0.1) is 0 Å². The van der Waals surface area contributed by atoms with Crippen molar-refractivity contribution < 1.29 is 23.7 Å². The molecule has 2 rings (SSSR count). The maximum Gasteiger partial charge on any atom is 0.511 e. The predicted octanol–water partition coefficient (Wildman–Crippen LogP) is 8.18. The number of ether oxygens (including phenoxy) is 4. The summed E-state index contributed by atoms with van der Waals surface area (Å²) in [7, 11) is 0. The van der Waals surface area contributed by atoms with Gasteiger partial charge in [-0.2, -0.15) is 0 Å². The summed E-state index contributed by atoms with van der Waals surface area (Å²) in [5.41, 5.74) is 3.43. The van der Waals surface area contributed by atoms with E-state index in [-0.39, 0.29) is 24.7 Å². The molecular weight excluding hydrogens is 416 g/mol. The normalized spacial score (nSPS) is 16.0. The maximum atomic E-state index is 11.7. The van der Waals surface area contributed by atoms with Gasteiger partial charge in [0.15, 0.2) is 0 Å². The lowest BCUT2D eigenvalue weighted by Crippen LogP contribution is -2.19. The smallest absolute Gasteiger partial charge is 0.465 e. The molecule has 0 N–H and O–H groups in total. The van der Waals surface area contributed by atoms with Crippen molar-refractivity contribution in [1.29, 1.82) is 0 Å². The van der Waals surface area contributed by atoms with Crippen LogP contribution in [0.3, 0.4) is 0 Å². The van der Waals surface area contributed by atoms with Crippen LogP contribution in [-0.2, 0) is 14.9 Å². The lowest BCUT2D eigenvalue weighted by molar-refractivity contribution is 0.00637. The zero-order valence-electron chi connectivity index (χ0n) is 21.2. The Morgan fingerprint density at radius 3 is 2.58 bits per heavy atom. The Morgan fingerprint density at radius 2 is 1.91 bits per heavy atom. The van der Waals surface area contributed by atoms with Crippen molar-refractivity contribution >= 4 is 6.16 Å². The number of carbonyl (C=O) groups excluding carboxylic acids is 1. The van der Waals surface area contributed by atoms with Crippen LogP contribution in [0.4, 0.5) is 4.79 Å². The minimum atomic E-state index is -0.734. The van der Waals surface area contributed by atoms with E-state index in [9.17, 15) is 4.79 Å². The fraction of sp³-hybridized carbons (Fsp3) is 0.607. The summed E-state index contributed by atoms with van der Waals surface area (Å²) >= 11 is 0. The van der Waals surface area contributed by atoms with Gasteiger partial charge in [0, 0.05) is 11.5 Å². The molecule has 0 radical (unpaired) electrons. The summed E-state index contributed by atoms with van der Waals surface area (Å²) < 4.78 is 21.9. The molecule has 0 aliphatic heterocycles. The van der Waals surface area contributed by atoms with E-state index < -0.39 is 6.16 Å². The van der Waals surface area contributed by atoms with E-state index in [1.165, 1.54) is 37.5 Å². The molecule has 1 aliphatic rings. The van der Waals surface area contributed by atoms with Crippen molar-refractivity contribution in [1.82, 2.24) is 0 Å². The van der Waals surface area contributed by atoms with Crippen LogP contribution in [0.15, 0.2) is 36.6 Å². The summed E-state index contributed by atoms with van der Waals surface area (Å²) in [5, 5.41) is 0. The quantitative estimate of drug-likeness (QED) is 0.0980. The van der Waals surface area contributed by atoms with Gasteiger partial charge < -0.3 is 18.9 Å². The van der Waals surface area contributed by atoms with Crippen molar-refractivity contribution in [2.24, 2.45) is 0 Å². The van der Waals surface area contributed by atoms with Gasteiger partial charge in [0.2, 0.25) is 6.79 Å². The molecule has 1 unspecified atom stereocenters. The van der Waals surface area contributed by atoms with Crippen LogP contribution in [0.2, 0.25) is 0 Å². The van der Waals surface area contributed by atoms with Gasteiger partial charge in [-0.25, -0.2) is 4.79 Å². The summed E-state index contributed by atoms with van der Waals surface area (Å²) in [4.78, 5) is 11.7. The van der Waals surface area contributed by atoms with Gasteiger partial charge in [-0.3, -0.25) is 0 Å². The molecule has 1 aromatic carbocycles. The molecule has 0 bridgehead atoms. The Balaban J connectivity index is 2.42. The molecule has 0 fully saturated rings. The first kappa shape index (κ1) is 26.8. The number of rotatable bonds is 13. The second-order valence-electron chi connectivity index (χ2n) is 9.47. The highest BCUT2D eigenvalue weighted by Crippen LogP contribution is 2.45. The zero-order valence-corrected chi connectivity index (χ0v) is 21.2. The molecule has 5 heteroatoms. The zero-order chi connectivity index (χ0) is 24.3. The predicted molar refractivity (Wildman–Crippen MR) is 133 cm³/mol. The highest BCUT2D eigenvalue weighted by Gasteiger charge is 2.28. The van der Waals surface area contributed by atoms with Crippen molar-refractivity contribution in [3.63, 3.8) is 0 Å². The van der Waals surface area contributed by atoms with Gasteiger partial charge in [-0.05, 0) is 62.6 Å². The van der Waals surface area contributed by atoms with Crippen molar-refractivity contribution in [3.05, 3.63) is 47.7 Å². The van der Waals surface area contributed by atoms with E-state index in [1.54, 1.807) is 6.92 Å². The molecule has 0 saturated carbocycles. The monoisotopic (exact) mass is 458 g/mol. The van der Waals surface area contributed by atoms with E-state index in [0.29, 0.717) is 5.75 Å². The van der Waals surface area contributed by atoms with Crippen molar-refractivity contribution in [2.45, 2.75) is 97.3 Å². The summed E-state index contributed by atoms with van der Waals surface area (Å²) in [6, 6.07) is 4.23. The lowest BCUT2D eigenvalue weighted by atomic mass is 9.77. The number of allylic oxidation sites excluding steroid dienone is 2. The Labute approximate surface area is 200 Å². The number of hydrogen-bond acceptors (Lipinski definition) is 5. The summed E-state index contributed by atoms with van der Waals surface area (Å²) in [5.74, 6) is 1.62. The van der Waals surface area contributed by atoms with Gasteiger partial charge >= 0.3 is 6.16 Å². The minimum Gasteiger partial charge on any atom is -0.465 e. The van der Waals surface area contributed by atoms with Crippen LogP contribution in [0.1, 0.15) is 103 Å².